The molecule has 0 bridgehead atoms. The number of aromatic carboxylic acids is 1. The topological polar surface area (TPSA) is 457 Å². The fourth-order valence-corrected chi connectivity index (χ4v) is 8.38. The van der Waals surface area contributed by atoms with Crippen LogP contribution in [0.2, 0.25) is 0 Å². The molecule has 9 N–H and O–H groups in total. The van der Waals surface area contributed by atoms with E-state index in [0.717, 1.165) is 24.3 Å². The van der Waals surface area contributed by atoms with Gasteiger partial charge in [-0.1, -0.05) is 0 Å². The number of nitrogens with two attached hydrogens (primary N) is 1. The summed E-state index contributed by atoms with van der Waals surface area (Å²) in [5.41, 5.74) is 1.40. The van der Waals surface area contributed by atoms with Gasteiger partial charge in [-0.2, -0.15) is 35.5 Å². The van der Waals surface area contributed by atoms with Crippen molar-refractivity contribution < 1.29 is 89.0 Å². The summed E-state index contributed by atoms with van der Waals surface area (Å²) >= 11 is 0. The molecule has 0 aliphatic carbocycles. The van der Waals surface area contributed by atoms with Gasteiger partial charge >= 0.3 is 32.8 Å². The number of hydrogen-bond donors (Lipinski definition) is 8. The Hall–Kier alpha value is -6.43. The summed E-state index contributed by atoms with van der Waals surface area (Å²) in [5, 5.41) is 56.0. The average Bonchev–Trinajstić information content (AvgIpc) is 3.15. The number of carbonyl (C=O) groups excluding carboxylic acids is 1. The third kappa shape index (κ3) is 14.0. The Morgan fingerprint density at radius 3 is 1.63 bits per heavy atom. The van der Waals surface area contributed by atoms with Crippen LogP contribution in [-0.2, 0) is 59.0 Å². The molecule has 338 valence electrons. The van der Waals surface area contributed by atoms with Crippen LogP contribution >= 0.6 is 0 Å². The number of hydrogen-bond acceptors (Lipinski definition) is 22. The van der Waals surface area contributed by atoms with E-state index in [9.17, 15) is 71.6 Å². The van der Waals surface area contributed by atoms with Crippen LogP contribution in [0, 0.1) is 0 Å². The SMILES string of the molecule is NC(=O)Nc1cc(N=Nc2c(O)cc(C(=O)O)c(N=Nc3ccc(S(=O)(=O)CCOS(=O)(=O)O)cc3S(=O)(=O)O)c2O)ccc1N=Nc1ccc(S(=O)(=O)CCOS(=O)(=O)O)cc1. The Morgan fingerprint density at radius 1 is 0.603 bits per heavy atom. The summed E-state index contributed by atoms with van der Waals surface area (Å²) in [6.07, 6.45) is 0. The van der Waals surface area contributed by atoms with Gasteiger partial charge in [0.05, 0.1) is 57.1 Å². The van der Waals surface area contributed by atoms with E-state index in [4.69, 9.17) is 14.8 Å². The molecule has 0 heterocycles. The molecule has 0 radical (unpaired) electrons. The van der Waals surface area contributed by atoms with Crippen molar-refractivity contribution in [3.8, 4) is 11.5 Å². The van der Waals surface area contributed by atoms with Gasteiger partial charge in [0.15, 0.2) is 31.1 Å². The van der Waals surface area contributed by atoms with Crippen molar-refractivity contribution in [3.05, 3.63) is 72.3 Å². The highest BCUT2D eigenvalue weighted by atomic mass is 32.3. The smallest absolute Gasteiger partial charge is 0.397 e. The minimum atomic E-state index is -5.33. The Labute approximate surface area is 355 Å². The lowest BCUT2D eigenvalue weighted by Gasteiger charge is -2.09. The second-order valence-electron chi connectivity index (χ2n) is 11.8. The van der Waals surface area contributed by atoms with E-state index in [-0.39, 0.29) is 27.6 Å². The minimum Gasteiger partial charge on any atom is -0.505 e. The number of anilines is 1. The van der Waals surface area contributed by atoms with Crippen LogP contribution in [0.3, 0.4) is 0 Å². The second kappa shape index (κ2) is 19.3. The first-order chi connectivity index (χ1) is 29.1. The number of rotatable bonds is 19. The van der Waals surface area contributed by atoms with Gasteiger partial charge in [-0.25, -0.2) is 34.8 Å². The number of amides is 2. The molecule has 0 fully saturated rings. The van der Waals surface area contributed by atoms with Gasteiger partial charge in [0.2, 0.25) is 0 Å². The summed E-state index contributed by atoms with van der Waals surface area (Å²) < 4.78 is 152. The number of sulfone groups is 2. The van der Waals surface area contributed by atoms with Gasteiger partial charge in [0.25, 0.3) is 10.1 Å². The molecule has 0 atom stereocenters. The fourth-order valence-electron chi connectivity index (χ4n) is 4.66. The number of phenols is 2. The van der Waals surface area contributed by atoms with Crippen LogP contribution in [0.25, 0.3) is 0 Å². The molecule has 0 unspecified atom stereocenters. The van der Waals surface area contributed by atoms with Gasteiger partial charge in [0, 0.05) is 0 Å². The predicted octanol–water partition coefficient (Wildman–Crippen LogP) is 3.97. The lowest BCUT2D eigenvalue weighted by atomic mass is 10.1. The molecule has 33 heteroatoms. The van der Waals surface area contributed by atoms with E-state index in [0.29, 0.717) is 18.2 Å². The molecule has 2 amide bonds. The normalized spacial score (nSPS) is 12.9. The van der Waals surface area contributed by atoms with Crippen LogP contribution < -0.4 is 11.1 Å². The average molecular weight is 981 g/mol. The van der Waals surface area contributed by atoms with Crippen LogP contribution in [0.4, 0.5) is 44.6 Å². The zero-order valence-electron chi connectivity index (χ0n) is 30.9. The van der Waals surface area contributed by atoms with Crippen molar-refractivity contribution in [2.24, 2.45) is 36.4 Å². The van der Waals surface area contributed by atoms with E-state index in [2.05, 4.69) is 44.4 Å². The van der Waals surface area contributed by atoms with Crippen molar-refractivity contribution in [3.63, 3.8) is 0 Å². The number of azo groups is 3. The Bertz CT molecular complexity index is 3130. The highest BCUT2D eigenvalue weighted by molar-refractivity contribution is 7.92. The summed E-state index contributed by atoms with van der Waals surface area (Å²) in [6.45, 7) is -1.95. The number of nitrogens with one attached hydrogen (secondary N) is 1. The maximum absolute atomic E-state index is 12.6. The van der Waals surface area contributed by atoms with Crippen LogP contribution in [0.15, 0.2) is 112 Å². The van der Waals surface area contributed by atoms with Crippen LogP contribution in [0.1, 0.15) is 10.4 Å². The number of phenolic OH excluding ortho intramolecular Hbond substituents is 2. The summed E-state index contributed by atoms with van der Waals surface area (Å²) in [7, 11) is -23.8. The lowest BCUT2D eigenvalue weighted by molar-refractivity contribution is 0.0696. The van der Waals surface area contributed by atoms with E-state index in [1.807, 2.05) is 0 Å². The molecule has 4 aromatic rings. The molecular weight excluding hydrogens is 953 g/mol. The van der Waals surface area contributed by atoms with Crippen molar-refractivity contribution in [1.82, 2.24) is 0 Å². The molecule has 0 aliphatic heterocycles. The second-order valence-corrected chi connectivity index (χ2v) is 19.6. The third-order valence-corrected chi connectivity index (χ3v) is 12.6. The number of aromatic hydroxyl groups is 2. The quantitative estimate of drug-likeness (QED) is 0.0486. The minimum absolute atomic E-state index is 0.0629. The van der Waals surface area contributed by atoms with E-state index in [1.54, 1.807) is 0 Å². The first-order valence-corrected chi connectivity index (χ1v) is 23.7. The highest BCUT2D eigenvalue weighted by Crippen LogP contribution is 2.47. The summed E-state index contributed by atoms with van der Waals surface area (Å²) in [6, 6.07) is 9.50. The summed E-state index contributed by atoms with van der Waals surface area (Å²) in [4.78, 5) is 21.5. The number of benzene rings is 4. The number of carboxylic acids is 1. The maximum atomic E-state index is 12.6. The summed E-state index contributed by atoms with van der Waals surface area (Å²) in [5.74, 6) is -5.92. The maximum Gasteiger partial charge on any atom is 0.397 e. The molecule has 0 aromatic heterocycles. The van der Waals surface area contributed by atoms with Gasteiger partial charge in [-0.3, -0.25) is 13.7 Å². The van der Waals surface area contributed by atoms with Crippen molar-refractivity contribution in [2.45, 2.75) is 14.7 Å². The van der Waals surface area contributed by atoms with Crippen LogP contribution in [0.5, 0.6) is 11.5 Å². The monoisotopic (exact) mass is 980 g/mol. The predicted molar refractivity (Wildman–Crippen MR) is 211 cm³/mol. The molecular formula is C30H28N8O20S5. The number of carbonyl (C=O) groups is 2. The number of primary amides is 1. The Balaban J connectivity index is 1.65. The zero-order valence-corrected chi connectivity index (χ0v) is 35.0. The Kier molecular flexibility index (Phi) is 15.1. The van der Waals surface area contributed by atoms with Crippen molar-refractivity contribution in [2.75, 3.05) is 30.0 Å². The molecule has 0 aliphatic rings. The molecule has 0 spiro atoms. The van der Waals surface area contributed by atoms with Crippen molar-refractivity contribution >= 4 is 102 Å². The van der Waals surface area contributed by atoms with E-state index >= 15 is 0 Å². The molecule has 0 saturated carbocycles. The Morgan fingerprint density at radius 2 is 1.10 bits per heavy atom. The first-order valence-electron chi connectivity index (χ1n) is 16.2. The van der Waals surface area contributed by atoms with E-state index in [1.165, 1.54) is 24.3 Å². The zero-order chi connectivity index (χ0) is 47.1. The highest BCUT2D eigenvalue weighted by Gasteiger charge is 2.25. The fraction of sp³-hybridized carbons (Fsp3) is 0.133. The first kappa shape index (κ1) is 49.2. The van der Waals surface area contributed by atoms with Crippen molar-refractivity contribution in [1.29, 1.82) is 0 Å². The number of urea groups is 1. The molecule has 0 saturated heterocycles. The van der Waals surface area contributed by atoms with Gasteiger partial charge in [0.1, 0.15) is 27.7 Å². The lowest BCUT2D eigenvalue weighted by Crippen LogP contribution is -2.19. The standard InChI is InChI=1S/C30H28N8O20S5/c31-30(43)32-23-13-17(3-7-21(23)35-33-16-1-4-18(5-2-16)59(44,45)11-9-57-62(51,52)53)34-38-27-24(39)15-20(29(41)42)26(28(27)40)37-36-22-8-6-19(14-25(22)61(48,49)50)60(46,47)12-10-58-63(54,55)56/h1-8,13-15,39-40H,9-12H2,(H,41,42)(H3,31,32,43)(H,48,49,50)(H,51,52,53)(H,54,55,56). The van der Waals surface area contributed by atoms with Gasteiger partial charge in [-0.15, -0.1) is 20.5 Å². The molecule has 4 aromatic carbocycles. The van der Waals surface area contributed by atoms with Gasteiger partial charge < -0.3 is 26.4 Å². The molecule has 63 heavy (non-hydrogen) atoms. The number of carboxylic acid groups (broad SMARTS) is 1. The van der Waals surface area contributed by atoms with E-state index < -0.39 is 131 Å². The molecule has 28 nitrogen and oxygen atoms in total. The molecule has 4 rings (SSSR count). The third-order valence-electron chi connectivity index (χ3n) is 7.43. The largest absolute Gasteiger partial charge is 0.505 e. The number of nitrogens with zero attached hydrogens (tertiary/aromatic N) is 6. The van der Waals surface area contributed by atoms with Gasteiger partial charge in [-0.05, 0) is 66.7 Å². The van der Waals surface area contributed by atoms with Crippen LogP contribution in [-0.4, -0.2) is 108 Å².